The molecule has 1 aromatic rings. The summed E-state index contributed by atoms with van der Waals surface area (Å²) in [6.45, 7) is 2.67. The SMILES string of the molecule is COC(=O)C1CN(C(=O)c2ccc([N+](=O)[O-])cc2)CC1C. The van der Waals surface area contributed by atoms with Crippen molar-refractivity contribution in [1.29, 1.82) is 0 Å². The number of benzene rings is 1. The van der Waals surface area contributed by atoms with Crippen LogP contribution in [0.15, 0.2) is 24.3 Å². The normalized spacial score (nSPS) is 21.1. The lowest BCUT2D eigenvalue weighted by atomic mass is 9.99. The van der Waals surface area contributed by atoms with Gasteiger partial charge in [-0.25, -0.2) is 0 Å². The second kappa shape index (κ2) is 5.90. The number of hydrogen-bond acceptors (Lipinski definition) is 5. The van der Waals surface area contributed by atoms with Crippen molar-refractivity contribution in [3.8, 4) is 0 Å². The van der Waals surface area contributed by atoms with Crippen molar-refractivity contribution in [2.45, 2.75) is 6.92 Å². The van der Waals surface area contributed by atoms with Crippen LogP contribution in [0.3, 0.4) is 0 Å². The van der Waals surface area contributed by atoms with E-state index in [2.05, 4.69) is 0 Å². The molecule has 7 heteroatoms. The number of nitrogens with zero attached hydrogens (tertiary/aromatic N) is 2. The Morgan fingerprint density at radius 3 is 2.43 bits per heavy atom. The zero-order valence-electron chi connectivity index (χ0n) is 11.8. The number of rotatable bonds is 3. The average Bonchev–Trinajstić information content (AvgIpc) is 2.87. The van der Waals surface area contributed by atoms with Crippen molar-refractivity contribution in [2.24, 2.45) is 11.8 Å². The van der Waals surface area contributed by atoms with Gasteiger partial charge in [-0.2, -0.15) is 0 Å². The molecule has 0 aromatic heterocycles. The Morgan fingerprint density at radius 1 is 1.29 bits per heavy atom. The lowest BCUT2D eigenvalue weighted by Gasteiger charge is -2.15. The van der Waals surface area contributed by atoms with Crippen molar-refractivity contribution in [3.05, 3.63) is 39.9 Å². The third kappa shape index (κ3) is 3.01. The molecule has 2 unspecified atom stereocenters. The molecular weight excluding hydrogens is 276 g/mol. The number of likely N-dealkylation sites (tertiary alicyclic amines) is 1. The molecule has 1 heterocycles. The molecule has 1 aromatic carbocycles. The van der Waals surface area contributed by atoms with E-state index in [1.807, 2.05) is 6.92 Å². The van der Waals surface area contributed by atoms with Crippen LogP contribution in [0.25, 0.3) is 0 Å². The quantitative estimate of drug-likeness (QED) is 0.478. The lowest BCUT2D eigenvalue weighted by Crippen LogP contribution is -2.30. The van der Waals surface area contributed by atoms with Gasteiger partial charge in [-0.3, -0.25) is 19.7 Å². The fraction of sp³-hybridized carbons (Fsp3) is 0.429. The summed E-state index contributed by atoms with van der Waals surface area (Å²) < 4.78 is 4.73. The molecule has 2 rings (SSSR count). The van der Waals surface area contributed by atoms with Crippen LogP contribution in [-0.2, 0) is 9.53 Å². The molecule has 0 aliphatic carbocycles. The molecule has 7 nitrogen and oxygen atoms in total. The van der Waals surface area contributed by atoms with E-state index in [9.17, 15) is 19.7 Å². The third-order valence-electron chi connectivity index (χ3n) is 3.73. The summed E-state index contributed by atoms with van der Waals surface area (Å²) in [5.74, 6) is -0.846. The number of carbonyl (C=O) groups is 2. The largest absolute Gasteiger partial charge is 0.469 e. The minimum Gasteiger partial charge on any atom is -0.469 e. The van der Waals surface area contributed by atoms with Gasteiger partial charge in [0, 0.05) is 30.8 Å². The summed E-state index contributed by atoms with van der Waals surface area (Å²) in [5, 5.41) is 10.6. The van der Waals surface area contributed by atoms with Crippen molar-refractivity contribution >= 4 is 17.6 Å². The van der Waals surface area contributed by atoms with Crippen molar-refractivity contribution in [3.63, 3.8) is 0 Å². The van der Waals surface area contributed by atoms with E-state index in [-0.39, 0.29) is 29.4 Å². The van der Waals surface area contributed by atoms with E-state index < -0.39 is 4.92 Å². The fourth-order valence-corrected chi connectivity index (χ4v) is 2.50. The molecular formula is C14H16N2O5. The van der Waals surface area contributed by atoms with Crippen LogP contribution < -0.4 is 0 Å². The molecule has 21 heavy (non-hydrogen) atoms. The maximum atomic E-state index is 12.3. The molecule has 1 saturated heterocycles. The van der Waals surface area contributed by atoms with Crippen LogP contribution in [0.1, 0.15) is 17.3 Å². The number of nitro benzene ring substituents is 1. The Morgan fingerprint density at radius 2 is 1.90 bits per heavy atom. The van der Waals surface area contributed by atoms with Crippen molar-refractivity contribution < 1.29 is 19.2 Å². The summed E-state index contributed by atoms with van der Waals surface area (Å²) >= 11 is 0. The number of hydrogen-bond donors (Lipinski definition) is 0. The van der Waals surface area contributed by atoms with Gasteiger partial charge < -0.3 is 9.64 Å². The molecule has 2 atom stereocenters. The summed E-state index contributed by atoms with van der Waals surface area (Å²) in [7, 11) is 1.33. The predicted molar refractivity (Wildman–Crippen MR) is 73.7 cm³/mol. The summed E-state index contributed by atoms with van der Waals surface area (Å²) in [5.41, 5.74) is 0.312. The Labute approximate surface area is 121 Å². The van der Waals surface area contributed by atoms with Crippen molar-refractivity contribution in [1.82, 2.24) is 4.90 Å². The summed E-state index contributed by atoms with van der Waals surface area (Å²) in [6, 6.07) is 5.45. The first-order chi connectivity index (χ1) is 9.93. The molecule has 112 valence electrons. The lowest BCUT2D eigenvalue weighted by molar-refractivity contribution is -0.384. The third-order valence-corrected chi connectivity index (χ3v) is 3.73. The van der Waals surface area contributed by atoms with Gasteiger partial charge >= 0.3 is 5.97 Å². The number of nitro groups is 1. The zero-order valence-corrected chi connectivity index (χ0v) is 11.8. The van der Waals surface area contributed by atoms with Crippen LogP contribution in [0.5, 0.6) is 0 Å². The first-order valence-electron chi connectivity index (χ1n) is 6.55. The molecule has 0 saturated carbocycles. The zero-order chi connectivity index (χ0) is 15.6. The smallest absolute Gasteiger partial charge is 0.310 e. The highest BCUT2D eigenvalue weighted by Crippen LogP contribution is 2.26. The Bertz CT molecular complexity index is 569. The number of amides is 1. The monoisotopic (exact) mass is 292 g/mol. The topological polar surface area (TPSA) is 89.8 Å². The maximum Gasteiger partial charge on any atom is 0.310 e. The van der Waals surface area contributed by atoms with E-state index in [0.717, 1.165) is 0 Å². The van der Waals surface area contributed by atoms with Crippen molar-refractivity contribution in [2.75, 3.05) is 20.2 Å². The van der Waals surface area contributed by atoms with Gasteiger partial charge in [-0.05, 0) is 18.1 Å². The van der Waals surface area contributed by atoms with E-state index in [1.54, 1.807) is 4.90 Å². The fourth-order valence-electron chi connectivity index (χ4n) is 2.50. The van der Waals surface area contributed by atoms with Gasteiger partial charge in [0.1, 0.15) is 0 Å². The van der Waals surface area contributed by atoms with Gasteiger partial charge in [0.25, 0.3) is 11.6 Å². The number of esters is 1. The summed E-state index contributed by atoms with van der Waals surface area (Å²) in [4.78, 5) is 35.6. The highest BCUT2D eigenvalue weighted by atomic mass is 16.6. The molecule has 1 amide bonds. The predicted octanol–water partition coefficient (Wildman–Crippen LogP) is 1.48. The molecule has 0 spiro atoms. The van der Waals surface area contributed by atoms with Gasteiger partial charge in [-0.15, -0.1) is 0 Å². The second-order valence-corrected chi connectivity index (χ2v) is 5.12. The van der Waals surface area contributed by atoms with Crippen LogP contribution in [0.4, 0.5) is 5.69 Å². The number of non-ortho nitro benzene ring substituents is 1. The van der Waals surface area contributed by atoms with Crippen LogP contribution >= 0.6 is 0 Å². The van der Waals surface area contributed by atoms with Gasteiger partial charge in [-0.1, -0.05) is 6.92 Å². The highest BCUT2D eigenvalue weighted by Gasteiger charge is 2.37. The minimum atomic E-state index is -0.514. The van der Waals surface area contributed by atoms with E-state index in [0.29, 0.717) is 18.7 Å². The summed E-state index contributed by atoms with van der Waals surface area (Å²) in [6.07, 6.45) is 0. The van der Waals surface area contributed by atoms with Gasteiger partial charge in [0.15, 0.2) is 0 Å². The van der Waals surface area contributed by atoms with E-state index in [1.165, 1.54) is 31.4 Å². The number of methoxy groups -OCH3 is 1. The van der Waals surface area contributed by atoms with Crippen LogP contribution in [-0.4, -0.2) is 41.9 Å². The molecule has 1 fully saturated rings. The molecule has 0 N–H and O–H groups in total. The highest BCUT2D eigenvalue weighted by molar-refractivity contribution is 5.95. The first-order valence-corrected chi connectivity index (χ1v) is 6.55. The molecule has 0 radical (unpaired) electrons. The molecule has 0 bridgehead atoms. The maximum absolute atomic E-state index is 12.3. The van der Waals surface area contributed by atoms with Crippen LogP contribution in [0.2, 0.25) is 0 Å². The molecule has 1 aliphatic rings. The van der Waals surface area contributed by atoms with E-state index >= 15 is 0 Å². The first kappa shape index (κ1) is 15.0. The van der Waals surface area contributed by atoms with Gasteiger partial charge in [0.05, 0.1) is 18.0 Å². The molecule has 1 aliphatic heterocycles. The standard InChI is InChI=1S/C14H16N2O5/c1-9-7-15(8-12(9)14(18)21-2)13(17)10-3-5-11(6-4-10)16(19)20/h3-6,9,12H,7-8H2,1-2H3. The Balaban J connectivity index is 2.10. The Hall–Kier alpha value is -2.44. The number of carbonyl (C=O) groups excluding carboxylic acids is 2. The number of ether oxygens (including phenoxy) is 1. The average molecular weight is 292 g/mol. The van der Waals surface area contributed by atoms with E-state index in [4.69, 9.17) is 4.74 Å². The minimum absolute atomic E-state index is 0.0273. The van der Waals surface area contributed by atoms with Crippen LogP contribution in [0, 0.1) is 22.0 Å². The second-order valence-electron chi connectivity index (χ2n) is 5.12. The van der Waals surface area contributed by atoms with Gasteiger partial charge in [0.2, 0.25) is 0 Å². The Kier molecular flexibility index (Phi) is 4.21.